The number of nitrogen functional groups attached to an aromatic ring is 1. The van der Waals surface area contributed by atoms with Crippen molar-refractivity contribution in [3.63, 3.8) is 0 Å². The van der Waals surface area contributed by atoms with Gasteiger partial charge in [-0.3, -0.25) is 9.79 Å². The van der Waals surface area contributed by atoms with E-state index in [0.717, 1.165) is 12.1 Å². The third kappa shape index (κ3) is 15.1. The van der Waals surface area contributed by atoms with Gasteiger partial charge in [0.25, 0.3) is 0 Å². The van der Waals surface area contributed by atoms with E-state index in [1.807, 2.05) is 6.07 Å². The molecule has 0 saturated heterocycles. The molecule has 0 bridgehead atoms. The molecule has 0 atom stereocenters. The first-order valence-electron chi connectivity index (χ1n) is 13.3. The van der Waals surface area contributed by atoms with Crippen LogP contribution >= 0.6 is 0 Å². The Morgan fingerprint density at radius 2 is 1.95 bits per heavy atom. The summed E-state index contributed by atoms with van der Waals surface area (Å²) in [7, 11) is 3.16. The van der Waals surface area contributed by atoms with E-state index in [9.17, 15) is 9.59 Å². The largest absolute Gasteiger partial charge is 0.444 e. The van der Waals surface area contributed by atoms with E-state index in [-0.39, 0.29) is 19.1 Å². The molecule has 0 unspecified atom stereocenters. The Kier molecular flexibility index (Phi) is 15.9. The standard InChI is InChI=1S/C29H44N8O4/c1-29(2,3)41-28(39)37(5)20-26(38)33-14-9-7-8-11-23(19-32-4)27(34-15-10-16-40-6)36-21-35-24-13-12-22(18-30)25(31)17-24/h12-13,17-19,30,35H,4,7,9-10,14-16,20-21,31H2,1-3,5-6H3,(H,33,38)(H,34,36)/b23-19-,30-18?. The number of carbonyl (C=O) groups is 2. The fourth-order valence-corrected chi connectivity index (χ4v) is 3.17. The third-order valence-corrected chi connectivity index (χ3v) is 5.17. The van der Waals surface area contributed by atoms with E-state index in [1.165, 1.54) is 18.2 Å². The Bertz CT molecular complexity index is 1150. The summed E-state index contributed by atoms with van der Waals surface area (Å²) in [6, 6.07) is 5.34. The number of methoxy groups -OCH3 is 1. The Hall–Kier alpha value is -4.37. The maximum absolute atomic E-state index is 12.2. The van der Waals surface area contributed by atoms with Crippen LogP contribution in [0.1, 0.15) is 45.6 Å². The van der Waals surface area contributed by atoms with Crippen LogP contribution < -0.4 is 21.7 Å². The predicted molar refractivity (Wildman–Crippen MR) is 166 cm³/mol. The number of likely N-dealkylation sites (N-methyl/N-ethyl adjacent to an activating group) is 1. The van der Waals surface area contributed by atoms with Crippen molar-refractivity contribution in [2.75, 3.05) is 58.1 Å². The number of rotatable bonds is 15. The molecule has 0 aliphatic rings. The Morgan fingerprint density at radius 3 is 2.59 bits per heavy atom. The summed E-state index contributed by atoms with van der Waals surface area (Å²) in [6.07, 6.45) is 4.10. The summed E-state index contributed by atoms with van der Waals surface area (Å²) >= 11 is 0. The van der Waals surface area contributed by atoms with Crippen LogP contribution in [0, 0.1) is 17.3 Å². The molecule has 0 fully saturated rings. The van der Waals surface area contributed by atoms with Crippen molar-refractivity contribution in [2.45, 2.75) is 45.6 Å². The molecule has 2 amide bonds. The second-order valence-corrected chi connectivity index (χ2v) is 9.92. The van der Waals surface area contributed by atoms with Gasteiger partial charge in [0.15, 0.2) is 0 Å². The molecule has 1 rings (SSSR count). The Balaban J connectivity index is 2.72. The van der Waals surface area contributed by atoms with Gasteiger partial charge in [-0.15, -0.1) is 0 Å². The number of unbranched alkanes of at least 4 members (excludes halogenated alkanes) is 1. The fraction of sp³-hybridized carbons (Fsp3) is 0.483. The van der Waals surface area contributed by atoms with Crippen molar-refractivity contribution in [2.24, 2.45) is 9.98 Å². The summed E-state index contributed by atoms with van der Waals surface area (Å²) in [6.45, 7) is 10.6. The highest BCUT2D eigenvalue weighted by atomic mass is 16.6. The van der Waals surface area contributed by atoms with Gasteiger partial charge >= 0.3 is 6.09 Å². The van der Waals surface area contributed by atoms with Gasteiger partial charge in [0, 0.05) is 69.6 Å². The minimum atomic E-state index is -0.627. The van der Waals surface area contributed by atoms with E-state index in [2.05, 4.69) is 44.5 Å². The van der Waals surface area contributed by atoms with E-state index in [4.69, 9.17) is 20.6 Å². The summed E-state index contributed by atoms with van der Waals surface area (Å²) in [5.74, 6) is 6.46. The van der Waals surface area contributed by atoms with Crippen LogP contribution in [0.2, 0.25) is 0 Å². The van der Waals surface area contributed by atoms with Gasteiger partial charge < -0.3 is 41.5 Å². The molecular formula is C29H44N8O4. The number of benzene rings is 1. The van der Waals surface area contributed by atoms with Gasteiger partial charge in [0.2, 0.25) is 5.91 Å². The van der Waals surface area contributed by atoms with Crippen LogP contribution in [0.25, 0.3) is 0 Å². The van der Waals surface area contributed by atoms with E-state index in [0.29, 0.717) is 55.2 Å². The van der Waals surface area contributed by atoms with Crippen LogP contribution in [0.5, 0.6) is 0 Å². The first-order chi connectivity index (χ1) is 19.5. The maximum atomic E-state index is 12.2. The van der Waals surface area contributed by atoms with Crippen LogP contribution in [-0.4, -0.2) is 88.3 Å². The molecule has 0 saturated carbocycles. The summed E-state index contributed by atoms with van der Waals surface area (Å²) < 4.78 is 10.4. The predicted octanol–water partition coefficient (Wildman–Crippen LogP) is 3.01. The van der Waals surface area contributed by atoms with Crippen LogP contribution in [0.3, 0.4) is 0 Å². The lowest BCUT2D eigenvalue weighted by Crippen LogP contribution is -2.41. The number of hydrogen-bond acceptors (Lipinski definition) is 9. The number of ether oxygens (including phenoxy) is 2. The van der Waals surface area contributed by atoms with Gasteiger partial charge in [-0.2, -0.15) is 0 Å². The Morgan fingerprint density at radius 1 is 1.22 bits per heavy atom. The molecule has 0 heterocycles. The van der Waals surface area contributed by atoms with E-state index < -0.39 is 11.7 Å². The molecule has 41 heavy (non-hydrogen) atoms. The highest BCUT2D eigenvalue weighted by molar-refractivity contribution is 6.02. The van der Waals surface area contributed by atoms with Gasteiger partial charge in [0.05, 0.1) is 5.57 Å². The SMILES string of the molecule is C=N/C=C(C#CCCCNC(=O)CN(C)C(=O)OC(C)(C)C)\C(=N/CNc1ccc(C=N)c(N)c1)NCCCOC. The molecule has 1 aromatic rings. The first kappa shape index (κ1) is 34.7. The zero-order chi connectivity index (χ0) is 30.7. The average molecular weight is 569 g/mol. The number of carbonyl (C=O) groups excluding carboxylic acids is 2. The molecule has 0 radical (unpaired) electrons. The number of nitrogens with zero attached hydrogens (tertiary/aromatic N) is 3. The van der Waals surface area contributed by atoms with Crippen molar-refractivity contribution in [1.82, 2.24) is 15.5 Å². The summed E-state index contributed by atoms with van der Waals surface area (Å²) in [5.41, 5.74) is 7.82. The normalized spacial score (nSPS) is 11.5. The lowest BCUT2D eigenvalue weighted by atomic mass is 10.2. The van der Waals surface area contributed by atoms with E-state index in [1.54, 1.807) is 46.2 Å². The minimum absolute atomic E-state index is 0.0967. The van der Waals surface area contributed by atoms with Crippen LogP contribution in [0.15, 0.2) is 40.0 Å². The topological polar surface area (TPSA) is 167 Å². The number of nitrogens with one attached hydrogen (secondary N) is 4. The molecule has 1 aromatic carbocycles. The minimum Gasteiger partial charge on any atom is -0.444 e. The van der Waals surface area contributed by atoms with Gasteiger partial charge in [-0.05, 0) is 58.5 Å². The lowest BCUT2D eigenvalue weighted by molar-refractivity contribution is -0.122. The first-order valence-corrected chi connectivity index (χ1v) is 13.3. The molecule has 12 nitrogen and oxygen atoms in total. The van der Waals surface area contributed by atoms with Gasteiger partial charge in [-0.1, -0.05) is 11.8 Å². The molecule has 0 spiro atoms. The highest BCUT2D eigenvalue weighted by Crippen LogP contribution is 2.16. The van der Waals surface area contributed by atoms with Crippen molar-refractivity contribution >= 4 is 42.1 Å². The average Bonchev–Trinajstić information content (AvgIpc) is 2.90. The molecule has 224 valence electrons. The zero-order valence-electron chi connectivity index (χ0n) is 24.8. The second kappa shape index (κ2) is 18.8. The number of hydrogen-bond donors (Lipinski definition) is 5. The molecular weight excluding hydrogens is 524 g/mol. The lowest BCUT2D eigenvalue weighted by Gasteiger charge is -2.24. The molecule has 0 aliphatic carbocycles. The van der Waals surface area contributed by atoms with Crippen molar-refractivity contribution in [3.8, 4) is 11.8 Å². The van der Waals surface area contributed by atoms with Gasteiger partial charge in [-0.25, -0.2) is 9.79 Å². The number of amidine groups is 1. The van der Waals surface area contributed by atoms with Crippen molar-refractivity contribution < 1.29 is 19.1 Å². The zero-order valence-corrected chi connectivity index (χ0v) is 24.8. The molecule has 0 aliphatic heterocycles. The highest BCUT2D eigenvalue weighted by Gasteiger charge is 2.20. The van der Waals surface area contributed by atoms with Gasteiger partial charge in [0.1, 0.15) is 24.7 Å². The number of aliphatic imine (C=N–C) groups is 2. The van der Waals surface area contributed by atoms with Crippen LogP contribution in [-0.2, 0) is 14.3 Å². The summed E-state index contributed by atoms with van der Waals surface area (Å²) in [5, 5.41) is 16.6. The molecule has 12 heteroatoms. The van der Waals surface area contributed by atoms with Crippen molar-refractivity contribution in [1.29, 1.82) is 5.41 Å². The number of nitrogens with two attached hydrogens (primary N) is 1. The van der Waals surface area contributed by atoms with E-state index >= 15 is 0 Å². The Labute approximate surface area is 243 Å². The second-order valence-electron chi connectivity index (χ2n) is 9.92. The smallest absolute Gasteiger partial charge is 0.410 e. The number of anilines is 2. The molecule has 0 aromatic heterocycles. The number of amides is 2. The summed E-state index contributed by atoms with van der Waals surface area (Å²) in [4.78, 5) is 33.9. The monoisotopic (exact) mass is 568 g/mol. The maximum Gasteiger partial charge on any atom is 0.410 e. The third-order valence-electron chi connectivity index (χ3n) is 5.17. The fourth-order valence-electron chi connectivity index (χ4n) is 3.17. The van der Waals surface area contributed by atoms with Crippen LogP contribution in [0.4, 0.5) is 16.2 Å². The quantitative estimate of drug-likeness (QED) is 0.0713. The van der Waals surface area contributed by atoms with Crippen molar-refractivity contribution in [3.05, 3.63) is 35.5 Å². The molecule has 6 N–H and O–H groups in total.